The van der Waals surface area contributed by atoms with E-state index in [1.54, 1.807) is 0 Å². The van der Waals surface area contributed by atoms with Gasteiger partial charge in [-0.15, -0.1) is 0 Å². The van der Waals surface area contributed by atoms with Crippen LogP contribution < -0.4 is 5.73 Å². The molecule has 0 saturated carbocycles. The molecule has 1 aromatic carbocycles. The molecule has 1 saturated heterocycles. The molecule has 3 rings (SSSR count). The fraction of sp³-hybridized carbons (Fsp3) is 0.400. The second kappa shape index (κ2) is 5.05. The van der Waals surface area contributed by atoms with Crippen molar-refractivity contribution in [1.29, 1.82) is 0 Å². The standard InChI is InChI=1S/C15H19N3O/c16-10-12-6-3-4-8-18(12)15(19)14-9-11-5-1-2-7-13(11)17-14/h1-2,5,7,9,12,17H,3-4,6,8,10,16H2. The second-order valence-corrected chi connectivity index (χ2v) is 5.15. The summed E-state index contributed by atoms with van der Waals surface area (Å²) in [6.45, 7) is 1.36. The normalized spacial score (nSPS) is 19.8. The number of nitrogens with zero attached hydrogens (tertiary/aromatic N) is 1. The van der Waals surface area contributed by atoms with Crippen molar-refractivity contribution >= 4 is 16.8 Å². The predicted molar refractivity (Wildman–Crippen MR) is 76.0 cm³/mol. The zero-order chi connectivity index (χ0) is 13.2. The smallest absolute Gasteiger partial charge is 0.270 e. The van der Waals surface area contributed by atoms with Gasteiger partial charge in [0.15, 0.2) is 0 Å². The van der Waals surface area contributed by atoms with Gasteiger partial charge in [0, 0.05) is 30.0 Å². The van der Waals surface area contributed by atoms with Crippen LogP contribution in [0.1, 0.15) is 29.8 Å². The van der Waals surface area contributed by atoms with Crippen LogP contribution in [0.25, 0.3) is 10.9 Å². The molecule has 4 nitrogen and oxygen atoms in total. The van der Waals surface area contributed by atoms with Gasteiger partial charge in [-0.2, -0.15) is 0 Å². The molecule has 1 aliphatic heterocycles. The van der Waals surface area contributed by atoms with Crippen LogP contribution in [-0.4, -0.2) is 34.9 Å². The van der Waals surface area contributed by atoms with E-state index in [9.17, 15) is 4.79 Å². The third-order valence-corrected chi connectivity index (χ3v) is 3.92. The highest BCUT2D eigenvalue weighted by molar-refractivity contribution is 5.98. The number of amides is 1. The summed E-state index contributed by atoms with van der Waals surface area (Å²) in [5.74, 6) is 0.0753. The Bertz CT molecular complexity index is 557. The summed E-state index contributed by atoms with van der Waals surface area (Å²) in [6.07, 6.45) is 3.25. The number of fused-ring (bicyclic) bond motifs is 1. The number of benzene rings is 1. The quantitative estimate of drug-likeness (QED) is 0.865. The van der Waals surface area contributed by atoms with Crippen molar-refractivity contribution in [3.8, 4) is 0 Å². The van der Waals surface area contributed by atoms with Gasteiger partial charge >= 0.3 is 0 Å². The van der Waals surface area contributed by atoms with Gasteiger partial charge in [-0.25, -0.2) is 0 Å². The fourth-order valence-corrected chi connectivity index (χ4v) is 2.86. The third-order valence-electron chi connectivity index (χ3n) is 3.92. The molecule has 0 radical (unpaired) electrons. The summed E-state index contributed by atoms with van der Waals surface area (Å²) < 4.78 is 0. The lowest BCUT2D eigenvalue weighted by atomic mass is 10.0. The Morgan fingerprint density at radius 3 is 3.00 bits per heavy atom. The first-order valence-corrected chi connectivity index (χ1v) is 6.88. The Hall–Kier alpha value is -1.81. The molecule has 1 aromatic heterocycles. The molecule has 2 heterocycles. The molecule has 0 spiro atoms. The van der Waals surface area contributed by atoms with Crippen LogP contribution >= 0.6 is 0 Å². The van der Waals surface area contributed by atoms with Gasteiger partial charge in [0.05, 0.1) is 0 Å². The van der Waals surface area contributed by atoms with E-state index in [0.29, 0.717) is 12.2 Å². The predicted octanol–water partition coefficient (Wildman–Crippen LogP) is 2.12. The topological polar surface area (TPSA) is 62.1 Å². The van der Waals surface area contributed by atoms with Crippen LogP contribution in [0, 0.1) is 0 Å². The number of rotatable bonds is 2. The Labute approximate surface area is 112 Å². The van der Waals surface area contributed by atoms with E-state index in [2.05, 4.69) is 4.98 Å². The molecule has 2 aromatic rings. The molecule has 19 heavy (non-hydrogen) atoms. The number of piperidine rings is 1. The Kier molecular flexibility index (Phi) is 3.25. The maximum atomic E-state index is 12.6. The minimum absolute atomic E-state index is 0.0753. The summed E-state index contributed by atoms with van der Waals surface area (Å²) in [5, 5.41) is 1.08. The van der Waals surface area contributed by atoms with Crippen LogP contribution in [-0.2, 0) is 0 Å². The Morgan fingerprint density at radius 1 is 1.37 bits per heavy atom. The van der Waals surface area contributed by atoms with Gasteiger partial charge < -0.3 is 15.6 Å². The van der Waals surface area contributed by atoms with Gasteiger partial charge in [0.1, 0.15) is 5.69 Å². The number of nitrogens with one attached hydrogen (secondary N) is 1. The molecule has 1 amide bonds. The fourth-order valence-electron chi connectivity index (χ4n) is 2.86. The van der Waals surface area contributed by atoms with E-state index in [4.69, 9.17) is 5.73 Å². The number of hydrogen-bond acceptors (Lipinski definition) is 2. The molecule has 0 bridgehead atoms. The molecular weight excluding hydrogens is 238 g/mol. The lowest BCUT2D eigenvalue weighted by Gasteiger charge is -2.34. The van der Waals surface area contributed by atoms with Crippen molar-refractivity contribution in [2.75, 3.05) is 13.1 Å². The Morgan fingerprint density at radius 2 is 2.21 bits per heavy atom. The highest BCUT2D eigenvalue weighted by Gasteiger charge is 2.27. The average Bonchev–Trinajstić information content (AvgIpc) is 2.90. The van der Waals surface area contributed by atoms with Crippen LogP contribution in [0.3, 0.4) is 0 Å². The van der Waals surface area contributed by atoms with Crippen LogP contribution in [0.15, 0.2) is 30.3 Å². The molecule has 100 valence electrons. The van der Waals surface area contributed by atoms with E-state index < -0.39 is 0 Å². The number of carbonyl (C=O) groups is 1. The van der Waals surface area contributed by atoms with Gasteiger partial charge in [-0.1, -0.05) is 18.2 Å². The highest BCUT2D eigenvalue weighted by Crippen LogP contribution is 2.21. The highest BCUT2D eigenvalue weighted by atomic mass is 16.2. The van der Waals surface area contributed by atoms with E-state index in [1.807, 2.05) is 35.2 Å². The number of nitrogens with two attached hydrogens (primary N) is 1. The van der Waals surface area contributed by atoms with Crippen LogP contribution in [0.4, 0.5) is 0 Å². The number of para-hydroxylation sites is 1. The number of aromatic nitrogens is 1. The number of carbonyl (C=O) groups excluding carboxylic acids is 1. The largest absolute Gasteiger partial charge is 0.351 e. The summed E-state index contributed by atoms with van der Waals surface area (Å²) in [6, 6.07) is 10.1. The number of aromatic amines is 1. The van der Waals surface area contributed by atoms with Crippen molar-refractivity contribution < 1.29 is 4.79 Å². The summed E-state index contributed by atoms with van der Waals surface area (Å²) in [7, 11) is 0. The van der Waals surface area contributed by atoms with E-state index in [1.165, 1.54) is 6.42 Å². The molecule has 0 aliphatic carbocycles. The first-order valence-electron chi connectivity index (χ1n) is 6.88. The summed E-state index contributed by atoms with van der Waals surface area (Å²) in [4.78, 5) is 17.7. The molecule has 1 atom stereocenters. The maximum absolute atomic E-state index is 12.6. The minimum atomic E-state index is 0.0753. The average molecular weight is 257 g/mol. The zero-order valence-corrected chi connectivity index (χ0v) is 10.9. The summed E-state index contributed by atoms with van der Waals surface area (Å²) >= 11 is 0. The van der Waals surface area contributed by atoms with Gasteiger partial charge in [0.25, 0.3) is 5.91 Å². The van der Waals surface area contributed by atoms with Crippen molar-refractivity contribution in [3.05, 3.63) is 36.0 Å². The van der Waals surface area contributed by atoms with E-state index in [-0.39, 0.29) is 11.9 Å². The molecule has 1 aliphatic rings. The second-order valence-electron chi connectivity index (χ2n) is 5.15. The lowest BCUT2D eigenvalue weighted by Crippen LogP contribution is -2.47. The van der Waals surface area contributed by atoms with Gasteiger partial charge in [0.2, 0.25) is 0 Å². The van der Waals surface area contributed by atoms with E-state index in [0.717, 1.165) is 30.3 Å². The summed E-state index contributed by atoms with van der Waals surface area (Å²) in [5.41, 5.74) is 7.46. The number of hydrogen-bond donors (Lipinski definition) is 2. The van der Waals surface area contributed by atoms with Crippen molar-refractivity contribution in [2.45, 2.75) is 25.3 Å². The van der Waals surface area contributed by atoms with Crippen molar-refractivity contribution in [3.63, 3.8) is 0 Å². The van der Waals surface area contributed by atoms with Crippen molar-refractivity contribution in [1.82, 2.24) is 9.88 Å². The molecule has 4 heteroatoms. The van der Waals surface area contributed by atoms with Crippen LogP contribution in [0.2, 0.25) is 0 Å². The number of H-pyrrole nitrogens is 1. The van der Waals surface area contributed by atoms with Crippen LogP contribution in [0.5, 0.6) is 0 Å². The monoisotopic (exact) mass is 257 g/mol. The number of likely N-dealkylation sites (tertiary alicyclic amines) is 1. The van der Waals surface area contributed by atoms with Gasteiger partial charge in [-0.05, 0) is 31.4 Å². The van der Waals surface area contributed by atoms with Crippen molar-refractivity contribution in [2.24, 2.45) is 5.73 Å². The van der Waals surface area contributed by atoms with E-state index >= 15 is 0 Å². The first kappa shape index (κ1) is 12.2. The zero-order valence-electron chi connectivity index (χ0n) is 10.9. The SMILES string of the molecule is NCC1CCCCN1C(=O)c1cc2ccccc2[nH]1. The molecular formula is C15H19N3O. The molecule has 3 N–H and O–H groups in total. The molecule has 1 fully saturated rings. The minimum Gasteiger partial charge on any atom is -0.351 e. The first-order chi connectivity index (χ1) is 9.29. The lowest BCUT2D eigenvalue weighted by molar-refractivity contribution is 0.0618. The molecule has 1 unspecified atom stereocenters. The van der Waals surface area contributed by atoms with Gasteiger partial charge in [-0.3, -0.25) is 4.79 Å². The maximum Gasteiger partial charge on any atom is 0.270 e. The third kappa shape index (κ3) is 2.24. The Balaban J connectivity index is 1.89.